The fourth-order valence-corrected chi connectivity index (χ4v) is 4.35. The van der Waals surface area contributed by atoms with Crippen molar-refractivity contribution >= 4 is 5.88 Å². The summed E-state index contributed by atoms with van der Waals surface area (Å²) < 4.78 is 17.7. The molecule has 1 fully saturated rings. The van der Waals surface area contributed by atoms with Crippen molar-refractivity contribution < 1.29 is 13.6 Å². The summed E-state index contributed by atoms with van der Waals surface area (Å²) in [6, 6.07) is 24.3. The molecule has 1 aliphatic rings. The van der Waals surface area contributed by atoms with E-state index in [-0.39, 0.29) is 0 Å². The standard InChI is InChI=1S/C28H27N3O3/c1-20-7-9-23(10-8-20)32-19-24-11-12-26(33-24)27-30-25(18-29)28(34-27)31-15-13-22(14-16-31)17-21-5-3-2-4-6-21/h2-12,22H,13-17,19H2,1H3. The third-order valence-electron chi connectivity index (χ3n) is 6.26. The smallest absolute Gasteiger partial charge is 0.266 e. The third kappa shape index (κ3) is 4.99. The van der Waals surface area contributed by atoms with Crippen LogP contribution in [-0.2, 0) is 13.0 Å². The molecule has 0 atom stereocenters. The first-order chi connectivity index (χ1) is 16.7. The van der Waals surface area contributed by atoms with Gasteiger partial charge >= 0.3 is 0 Å². The van der Waals surface area contributed by atoms with Crippen molar-refractivity contribution in [3.05, 3.63) is 89.3 Å². The summed E-state index contributed by atoms with van der Waals surface area (Å²) in [6.07, 6.45) is 3.19. The fraction of sp³-hybridized carbons (Fsp3) is 0.286. The van der Waals surface area contributed by atoms with Crippen LogP contribution in [-0.4, -0.2) is 18.1 Å². The molecule has 0 saturated carbocycles. The normalized spacial score (nSPS) is 14.2. The summed E-state index contributed by atoms with van der Waals surface area (Å²) in [5.41, 5.74) is 2.85. The van der Waals surface area contributed by atoms with Crippen molar-refractivity contribution in [2.24, 2.45) is 5.92 Å². The average Bonchev–Trinajstić information content (AvgIpc) is 3.52. The predicted molar refractivity (Wildman–Crippen MR) is 130 cm³/mol. The van der Waals surface area contributed by atoms with Crippen LogP contribution in [0.5, 0.6) is 5.75 Å². The highest BCUT2D eigenvalue weighted by atomic mass is 16.5. The van der Waals surface area contributed by atoms with E-state index in [2.05, 4.69) is 46.3 Å². The van der Waals surface area contributed by atoms with Crippen LogP contribution < -0.4 is 9.64 Å². The summed E-state index contributed by atoms with van der Waals surface area (Å²) in [5, 5.41) is 9.64. The number of nitriles is 1. The SMILES string of the molecule is Cc1ccc(OCc2ccc(-c3nc(C#N)c(N4CCC(Cc5ccccc5)CC4)o3)o2)cc1. The number of hydrogen-bond acceptors (Lipinski definition) is 6. The first-order valence-electron chi connectivity index (χ1n) is 11.7. The number of benzene rings is 2. The van der Waals surface area contributed by atoms with E-state index in [1.807, 2.05) is 37.3 Å². The highest BCUT2D eigenvalue weighted by Crippen LogP contribution is 2.32. The summed E-state index contributed by atoms with van der Waals surface area (Å²) in [7, 11) is 0. The number of furan rings is 1. The molecule has 0 radical (unpaired) electrons. The van der Waals surface area contributed by atoms with Gasteiger partial charge in [0.2, 0.25) is 11.6 Å². The Kier molecular flexibility index (Phi) is 6.35. The molecule has 4 aromatic rings. The Hall–Kier alpha value is -3.98. The van der Waals surface area contributed by atoms with E-state index in [9.17, 15) is 5.26 Å². The van der Waals surface area contributed by atoms with Crippen LogP contribution in [0.25, 0.3) is 11.7 Å². The topological polar surface area (TPSA) is 75.4 Å². The van der Waals surface area contributed by atoms with Gasteiger partial charge in [-0.3, -0.25) is 0 Å². The minimum absolute atomic E-state index is 0.297. The molecule has 0 N–H and O–H groups in total. The molecule has 0 amide bonds. The van der Waals surface area contributed by atoms with Gasteiger partial charge in [0.15, 0.2) is 5.76 Å². The molecule has 0 spiro atoms. The number of ether oxygens (including phenoxy) is 1. The van der Waals surface area contributed by atoms with Gasteiger partial charge in [0.1, 0.15) is 24.2 Å². The van der Waals surface area contributed by atoms with E-state index in [0.29, 0.717) is 41.5 Å². The van der Waals surface area contributed by atoms with E-state index in [0.717, 1.165) is 38.1 Å². The molecular formula is C28H27N3O3. The maximum Gasteiger partial charge on any atom is 0.266 e. The lowest BCUT2D eigenvalue weighted by atomic mass is 9.90. The maximum atomic E-state index is 9.64. The number of hydrogen-bond donors (Lipinski definition) is 0. The van der Waals surface area contributed by atoms with Crippen LogP contribution in [0.1, 0.15) is 35.4 Å². The summed E-state index contributed by atoms with van der Waals surface area (Å²) >= 11 is 0. The van der Waals surface area contributed by atoms with Gasteiger partial charge in [-0.25, -0.2) is 0 Å². The predicted octanol–water partition coefficient (Wildman–Crippen LogP) is 6.15. The second-order valence-electron chi connectivity index (χ2n) is 8.77. The minimum atomic E-state index is 0.297. The number of piperidine rings is 1. The molecule has 1 saturated heterocycles. The highest BCUT2D eigenvalue weighted by Gasteiger charge is 2.26. The van der Waals surface area contributed by atoms with Gasteiger partial charge in [-0.15, -0.1) is 0 Å². The maximum absolute atomic E-state index is 9.64. The van der Waals surface area contributed by atoms with Crippen molar-refractivity contribution in [2.75, 3.05) is 18.0 Å². The van der Waals surface area contributed by atoms with Gasteiger partial charge < -0.3 is 18.5 Å². The molecule has 1 aliphatic heterocycles. The van der Waals surface area contributed by atoms with Crippen molar-refractivity contribution in [1.29, 1.82) is 5.26 Å². The van der Waals surface area contributed by atoms with Crippen molar-refractivity contribution in [2.45, 2.75) is 32.8 Å². The van der Waals surface area contributed by atoms with E-state index in [4.69, 9.17) is 13.6 Å². The summed E-state index contributed by atoms with van der Waals surface area (Å²) in [5.74, 6) is 3.42. The largest absolute Gasteiger partial charge is 0.486 e. The van der Waals surface area contributed by atoms with E-state index in [1.54, 1.807) is 6.07 Å². The van der Waals surface area contributed by atoms with E-state index in [1.165, 1.54) is 11.1 Å². The molecule has 34 heavy (non-hydrogen) atoms. The Morgan fingerprint density at radius 1 is 1.00 bits per heavy atom. The lowest BCUT2D eigenvalue weighted by Crippen LogP contribution is -2.34. The number of oxazole rings is 1. The molecule has 172 valence electrons. The Balaban J connectivity index is 1.22. The van der Waals surface area contributed by atoms with Crippen molar-refractivity contribution in [1.82, 2.24) is 4.98 Å². The molecule has 0 unspecified atom stereocenters. The Bertz CT molecular complexity index is 1260. The second kappa shape index (κ2) is 9.88. The van der Waals surface area contributed by atoms with E-state index >= 15 is 0 Å². The van der Waals surface area contributed by atoms with Crippen molar-refractivity contribution in [3.8, 4) is 23.5 Å². The van der Waals surface area contributed by atoms with Gasteiger partial charge in [0.05, 0.1) is 0 Å². The fourth-order valence-electron chi connectivity index (χ4n) is 4.35. The molecule has 3 heterocycles. The van der Waals surface area contributed by atoms with Gasteiger partial charge in [0, 0.05) is 13.1 Å². The third-order valence-corrected chi connectivity index (χ3v) is 6.26. The van der Waals surface area contributed by atoms with Crippen LogP contribution in [0.2, 0.25) is 0 Å². The lowest BCUT2D eigenvalue weighted by Gasteiger charge is -2.31. The molecule has 5 rings (SSSR count). The van der Waals surface area contributed by atoms with Crippen LogP contribution in [0.15, 0.2) is 75.6 Å². The zero-order valence-corrected chi connectivity index (χ0v) is 19.2. The van der Waals surface area contributed by atoms with Crippen LogP contribution >= 0.6 is 0 Å². The highest BCUT2D eigenvalue weighted by molar-refractivity contribution is 5.56. The first-order valence-corrected chi connectivity index (χ1v) is 11.7. The zero-order chi connectivity index (χ0) is 23.3. The number of nitrogens with zero attached hydrogens (tertiary/aromatic N) is 3. The number of aromatic nitrogens is 1. The number of anilines is 1. The Labute approximate surface area is 199 Å². The molecule has 0 bridgehead atoms. The summed E-state index contributed by atoms with van der Waals surface area (Å²) in [4.78, 5) is 6.52. The monoisotopic (exact) mass is 453 g/mol. The van der Waals surface area contributed by atoms with Gasteiger partial charge in [-0.2, -0.15) is 10.2 Å². The average molecular weight is 454 g/mol. The zero-order valence-electron chi connectivity index (χ0n) is 19.2. The van der Waals surface area contributed by atoms with Crippen LogP contribution in [0.4, 0.5) is 5.88 Å². The van der Waals surface area contributed by atoms with Gasteiger partial charge in [-0.05, 0) is 61.9 Å². The second-order valence-corrected chi connectivity index (χ2v) is 8.77. The molecule has 0 aliphatic carbocycles. The number of rotatable bonds is 7. The van der Waals surface area contributed by atoms with Crippen LogP contribution in [0, 0.1) is 24.2 Å². The lowest BCUT2D eigenvalue weighted by molar-refractivity contribution is 0.271. The molecule has 6 heteroatoms. The first kappa shape index (κ1) is 21.8. The number of aryl methyl sites for hydroxylation is 1. The van der Waals surface area contributed by atoms with Gasteiger partial charge in [0.25, 0.3) is 5.89 Å². The quantitative estimate of drug-likeness (QED) is 0.334. The van der Waals surface area contributed by atoms with Gasteiger partial charge in [-0.1, -0.05) is 48.0 Å². The van der Waals surface area contributed by atoms with Crippen LogP contribution in [0.3, 0.4) is 0 Å². The van der Waals surface area contributed by atoms with E-state index < -0.39 is 0 Å². The minimum Gasteiger partial charge on any atom is -0.486 e. The molecule has 2 aromatic carbocycles. The molecule has 6 nitrogen and oxygen atoms in total. The Morgan fingerprint density at radius 2 is 1.76 bits per heavy atom. The Morgan fingerprint density at radius 3 is 2.50 bits per heavy atom. The summed E-state index contributed by atoms with van der Waals surface area (Å²) in [6.45, 7) is 4.02. The van der Waals surface area contributed by atoms with Crippen molar-refractivity contribution in [3.63, 3.8) is 0 Å². The molecule has 2 aromatic heterocycles. The molecular weight excluding hydrogens is 426 g/mol.